The molecule has 0 spiro atoms. The average Bonchev–Trinajstić information content (AvgIpc) is 2.60. The SMILES string of the molecule is CC1CSC(=N)N1c1cnc(Cl)s1. The molecule has 1 fully saturated rings. The van der Waals surface area contributed by atoms with Gasteiger partial charge in [-0.25, -0.2) is 4.98 Å². The van der Waals surface area contributed by atoms with Gasteiger partial charge in [-0.3, -0.25) is 5.41 Å². The summed E-state index contributed by atoms with van der Waals surface area (Å²) in [6, 6.07) is 0.369. The third-order valence-electron chi connectivity index (χ3n) is 1.82. The predicted molar refractivity (Wildman–Crippen MR) is 59.2 cm³/mol. The first kappa shape index (κ1) is 9.30. The Labute approximate surface area is 89.6 Å². The zero-order valence-electron chi connectivity index (χ0n) is 6.95. The van der Waals surface area contributed by atoms with E-state index in [0.717, 1.165) is 10.8 Å². The molecule has 1 unspecified atom stereocenters. The molecule has 1 N–H and O–H groups in total. The van der Waals surface area contributed by atoms with Gasteiger partial charge < -0.3 is 4.90 Å². The van der Waals surface area contributed by atoms with E-state index in [0.29, 0.717) is 15.7 Å². The Morgan fingerprint density at radius 1 is 1.77 bits per heavy atom. The van der Waals surface area contributed by atoms with Gasteiger partial charge in [0.1, 0.15) is 5.00 Å². The van der Waals surface area contributed by atoms with Gasteiger partial charge in [-0.1, -0.05) is 34.7 Å². The summed E-state index contributed by atoms with van der Waals surface area (Å²) in [4.78, 5) is 5.93. The second-order valence-electron chi connectivity index (χ2n) is 2.79. The smallest absolute Gasteiger partial charge is 0.185 e. The number of amidine groups is 1. The fraction of sp³-hybridized carbons (Fsp3) is 0.429. The number of halogens is 1. The molecule has 0 aliphatic carbocycles. The molecule has 1 aliphatic heterocycles. The van der Waals surface area contributed by atoms with E-state index >= 15 is 0 Å². The second-order valence-corrected chi connectivity index (χ2v) is 5.39. The standard InChI is InChI=1S/C7H8ClN3S2/c1-4-3-12-7(9)11(4)5-2-10-6(8)13-5/h2,4,9H,3H2,1H3. The van der Waals surface area contributed by atoms with Crippen molar-refractivity contribution in [1.29, 1.82) is 5.41 Å². The highest BCUT2D eigenvalue weighted by Gasteiger charge is 2.28. The summed E-state index contributed by atoms with van der Waals surface area (Å²) in [7, 11) is 0. The fourth-order valence-electron chi connectivity index (χ4n) is 1.22. The van der Waals surface area contributed by atoms with Crippen LogP contribution in [0.5, 0.6) is 0 Å². The molecule has 70 valence electrons. The van der Waals surface area contributed by atoms with Crippen LogP contribution < -0.4 is 4.90 Å². The molecule has 1 aromatic heterocycles. The largest absolute Gasteiger partial charge is 0.308 e. The van der Waals surface area contributed by atoms with E-state index in [1.807, 2.05) is 4.90 Å². The summed E-state index contributed by atoms with van der Waals surface area (Å²) in [6.45, 7) is 2.10. The number of thioether (sulfide) groups is 1. The summed E-state index contributed by atoms with van der Waals surface area (Å²) < 4.78 is 0.534. The van der Waals surface area contributed by atoms with Crippen molar-refractivity contribution in [3.05, 3.63) is 10.7 Å². The average molecular weight is 234 g/mol. The molecule has 0 radical (unpaired) electrons. The maximum Gasteiger partial charge on any atom is 0.185 e. The van der Waals surface area contributed by atoms with Crippen molar-refractivity contribution in [3.8, 4) is 0 Å². The summed E-state index contributed by atoms with van der Waals surface area (Å²) in [5.41, 5.74) is 0. The normalized spacial score (nSPS) is 22.8. The summed E-state index contributed by atoms with van der Waals surface area (Å²) in [5, 5.41) is 9.26. The molecule has 0 saturated carbocycles. The topological polar surface area (TPSA) is 40.0 Å². The van der Waals surface area contributed by atoms with Crippen LogP contribution in [0.2, 0.25) is 4.47 Å². The molecule has 3 nitrogen and oxygen atoms in total. The van der Waals surface area contributed by atoms with Gasteiger partial charge >= 0.3 is 0 Å². The van der Waals surface area contributed by atoms with E-state index in [1.54, 1.807) is 18.0 Å². The van der Waals surface area contributed by atoms with Gasteiger partial charge in [0.15, 0.2) is 9.63 Å². The maximum absolute atomic E-state index is 7.71. The molecular formula is C7H8ClN3S2. The van der Waals surface area contributed by atoms with Gasteiger partial charge in [0.2, 0.25) is 0 Å². The van der Waals surface area contributed by atoms with Gasteiger partial charge in [0.25, 0.3) is 0 Å². The molecule has 1 atom stereocenters. The van der Waals surface area contributed by atoms with E-state index < -0.39 is 0 Å². The summed E-state index contributed by atoms with van der Waals surface area (Å²) >= 11 is 8.72. The second kappa shape index (κ2) is 3.48. The zero-order chi connectivity index (χ0) is 9.42. The molecular weight excluding hydrogens is 226 g/mol. The molecule has 1 saturated heterocycles. The van der Waals surface area contributed by atoms with Crippen LogP contribution >= 0.6 is 34.7 Å². The van der Waals surface area contributed by atoms with Crippen molar-refractivity contribution in [2.24, 2.45) is 0 Å². The van der Waals surface area contributed by atoms with Crippen molar-refractivity contribution in [1.82, 2.24) is 4.98 Å². The van der Waals surface area contributed by atoms with Crippen molar-refractivity contribution < 1.29 is 0 Å². The third kappa shape index (κ3) is 1.68. The maximum atomic E-state index is 7.71. The molecule has 2 rings (SSSR count). The van der Waals surface area contributed by atoms with E-state index in [9.17, 15) is 0 Å². The van der Waals surface area contributed by atoms with Gasteiger partial charge in [0, 0.05) is 11.8 Å². The molecule has 1 aromatic rings. The minimum atomic E-state index is 0.369. The number of nitrogens with one attached hydrogen (secondary N) is 1. The first-order valence-corrected chi connectivity index (χ1v) is 5.98. The van der Waals surface area contributed by atoms with Crippen LogP contribution in [0.25, 0.3) is 0 Å². The Bertz CT molecular complexity index is 338. The van der Waals surface area contributed by atoms with E-state index in [-0.39, 0.29) is 0 Å². The van der Waals surface area contributed by atoms with E-state index in [4.69, 9.17) is 17.0 Å². The molecule has 1 aliphatic rings. The Kier molecular flexibility index (Phi) is 2.49. The van der Waals surface area contributed by atoms with Crippen molar-refractivity contribution >= 4 is 44.9 Å². The molecule has 13 heavy (non-hydrogen) atoms. The van der Waals surface area contributed by atoms with Crippen LogP contribution in [0.3, 0.4) is 0 Å². The van der Waals surface area contributed by atoms with E-state index in [1.165, 1.54) is 11.3 Å². The summed E-state index contributed by atoms with van der Waals surface area (Å²) in [5.74, 6) is 0.967. The Balaban J connectivity index is 2.29. The van der Waals surface area contributed by atoms with Crippen LogP contribution in [0, 0.1) is 5.41 Å². The lowest BCUT2D eigenvalue weighted by molar-refractivity contribution is 0.843. The van der Waals surface area contributed by atoms with Crippen molar-refractivity contribution in [2.75, 3.05) is 10.7 Å². The van der Waals surface area contributed by atoms with Crippen molar-refractivity contribution in [3.63, 3.8) is 0 Å². The highest BCUT2D eigenvalue weighted by molar-refractivity contribution is 8.14. The fourth-order valence-corrected chi connectivity index (χ4v) is 3.28. The molecule has 2 heterocycles. The molecule has 0 aromatic carbocycles. The monoisotopic (exact) mass is 233 g/mol. The van der Waals surface area contributed by atoms with Gasteiger partial charge in [-0.05, 0) is 6.92 Å². The first-order valence-electron chi connectivity index (χ1n) is 3.80. The quantitative estimate of drug-likeness (QED) is 0.811. The van der Waals surface area contributed by atoms with Crippen LogP contribution in [-0.4, -0.2) is 21.9 Å². The zero-order valence-corrected chi connectivity index (χ0v) is 9.34. The first-order chi connectivity index (χ1) is 6.18. The van der Waals surface area contributed by atoms with E-state index in [2.05, 4.69) is 11.9 Å². The molecule has 6 heteroatoms. The summed E-state index contributed by atoms with van der Waals surface area (Å²) in [6.07, 6.45) is 1.73. The molecule has 0 amide bonds. The van der Waals surface area contributed by atoms with Gasteiger partial charge in [-0.2, -0.15) is 0 Å². The van der Waals surface area contributed by atoms with Crippen LogP contribution in [-0.2, 0) is 0 Å². The number of anilines is 1. The van der Waals surface area contributed by atoms with Crippen LogP contribution in [0.15, 0.2) is 6.20 Å². The Morgan fingerprint density at radius 3 is 3.00 bits per heavy atom. The number of aromatic nitrogens is 1. The number of hydrogen-bond acceptors (Lipinski definition) is 4. The van der Waals surface area contributed by atoms with Crippen molar-refractivity contribution in [2.45, 2.75) is 13.0 Å². The minimum Gasteiger partial charge on any atom is -0.308 e. The van der Waals surface area contributed by atoms with Crippen LogP contribution in [0.4, 0.5) is 5.00 Å². The number of hydrogen-bond donors (Lipinski definition) is 1. The third-order valence-corrected chi connectivity index (χ3v) is 4.06. The van der Waals surface area contributed by atoms with Crippen LogP contribution in [0.1, 0.15) is 6.92 Å². The number of thiazole rings is 1. The van der Waals surface area contributed by atoms with Gasteiger partial charge in [-0.15, -0.1) is 0 Å². The highest BCUT2D eigenvalue weighted by atomic mass is 35.5. The minimum absolute atomic E-state index is 0.369. The molecule has 0 bridgehead atoms. The van der Waals surface area contributed by atoms with Gasteiger partial charge in [0.05, 0.1) is 6.20 Å². The lowest BCUT2D eigenvalue weighted by Crippen LogP contribution is -2.30. The Hall–Kier alpha value is -0.260. The highest BCUT2D eigenvalue weighted by Crippen LogP contribution is 2.34. The lowest BCUT2D eigenvalue weighted by Gasteiger charge is -2.19. The predicted octanol–water partition coefficient (Wildman–Crippen LogP) is 2.67. The lowest BCUT2D eigenvalue weighted by atomic mass is 10.3. The number of nitrogens with zero attached hydrogens (tertiary/aromatic N) is 2. The Morgan fingerprint density at radius 2 is 2.54 bits per heavy atom. The number of rotatable bonds is 1.